The second kappa shape index (κ2) is 7.21. The largest absolute Gasteiger partial charge is 0.346 e. The first kappa shape index (κ1) is 18.6. The summed E-state index contributed by atoms with van der Waals surface area (Å²) >= 11 is 0. The van der Waals surface area contributed by atoms with Gasteiger partial charge >= 0.3 is 0 Å². The van der Waals surface area contributed by atoms with Gasteiger partial charge in [0.1, 0.15) is 0 Å². The summed E-state index contributed by atoms with van der Waals surface area (Å²) in [6.45, 7) is 3.96. The molecule has 124 valence electrons. The van der Waals surface area contributed by atoms with E-state index in [0.717, 1.165) is 0 Å². The van der Waals surface area contributed by atoms with E-state index in [2.05, 4.69) is 10.4 Å². The lowest BCUT2D eigenvalue weighted by Gasteiger charge is -2.23. The van der Waals surface area contributed by atoms with E-state index >= 15 is 0 Å². The molecular formula is C14H18ClN5O3. The van der Waals surface area contributed by atoms with E-state index in [1.54, 1.807) is 18.3 Å². The molecule has 23 heavy (non-hydrogen) atoms. The molecule has 0 saturated carbocycles. The predicted octanol–water partition coefficient (Wildman–Crippen LogP) is 1.67. The Morgan fingerprint density at radius 2 is 2.00 bits per heavy atom. The first-order chi connectivity index (χ1) is 10.3. The smallest absolute Gasteiger partial charge is 0.269 e. The molecule has 0 unspecified atom stereocenters. The number of hydrogen-bond donors (Lipinski definition) is 2. The van der Waals surface area contributed by atoms with Crippen LogP contribution in [0.3, 0.4) is 0 Å². The summed E-state index contributed by atoms with van der Waals surface area (Å²) in [4.78, 5) is 22.2. The van der Waals surface area contributed by atoms with Crippen LogP contribution in [0.15, 0.2) is 36.7 Å². The van der Waals surface area contributed by atoms with Gasteiger partial charge in [-0.1, -0.05) is 0 Å². The molecule has 0 atom stereocenters. The van der Waals surface area contributed by atoms with Gasteiger partial charge in [0.15, 0.2) is 0 Å². The van der Waals surface area contributed by atoms with Crippen molar-refractivity contribution in [2.75, 3.05) is 6.54 Å². The Kier molecular flexibility index (Phi) is 5.83. The van der Waals surface area contributed by atoms with Crippen molar-refractivity contribution >= 4 is 24.0 Å². The van der Waals surface area contributed by atoms with Gasteiger partial charge in [0.25, 0.3) is 11.6 Å². The van der Waals surface area contributed by atoms with Gasteiger partial charge in [-0.05, 0) is 26.0 Å². The SMILES string of the molecule is CC(C)(CN)NC(=O)c1cnn(-c2ccc([N+](=O)[O-])cc2)c1.Cl. The van der Waals surface area contributed by atoms with Crippen molar-refractivity contribution < 1.29 is 9.72 Å². The van der Waals surface area contributed by atoms with Crippen molar-refractivity contribution in [3.8, 4) is 5.69 Å². The number of nitro groups is 1. The van der Waals surface area contributed by atoms with Crippen LogP contribution in [0.1, 0.15) is 24.2 Å². The van der Waals surface area contributed by atoms with Gasteiger partial charge in [-0.2, -0.15) is 5.10 Å². The van der Waals surface area contributed by atoms with Crippen LogP contribution in [0, 0.1) is 10.1 Å². The van der Waals surface area contributed by atoms with Gasteiger partial charge in [-0.15, -0.1) is 12.4 Å². The van der Waals surface area contributed by atoms with E-state index in [9.17, 15) is 14.9 Å². The molecule has 0 aliphatic rings. The monoisotopic (exact) mass is 339 g/mol. The summed E-state index contributed by atoms with van der Waals surface area (Å²) in [5, 5.41) is 17.5. The first-order valence-electron chi connectivity index (χ1n) is 6.64. The molecule has 2 rings (SSSR count). The predicted molar refractivity (Wildman–Crippen MR) is 88.1 cm³/mol. The Labute approximate surface area is 139 Å². The summed E-state index contributed by atoms with van der Waals surface area (Å²) in [6, 6.07) is 5.90. The summed E-state index contributed by atoms with van der Waals surface area (Å²) < 4.78 is 1.48. The zero-order valence-electron chi connectivity index (χ0n) is 12.7. The van der Waals surface area contributed by atoms with Crippen molar-refractivity contribution in [2.24, 2.45) is 5.73 Å². The minimum atomic E-state index is -0.507. The summed E-state index contributed by atoms with van der Waals surface area (Å²) in [6.07, 6.45) is 2.99. The third kappa shape index (κ3) is 4.51. The van der Waals surface area contributed by atoms with E-state index in [4.69, 9.17) is 5.73 Å². The lowest BCUT2D eigenvalue weighted by Crippen LogP contribution is -2.48. The Balaban J connectivity index is 0.00000264. The maximum absolute atomic E-state index is 12.1. The fraction of sp³-hybridized carbons (Fsp3) is 0.286. The molecule has 1 aromatic carbocycles. The number of nitrogens with zero attached hydrogens (tertiary/aromatic N) is 3. The fourth-order valence-corrected chi connectivity index (χ4v) is 1.74. The molecule has 2 aromatic rings. The molecule has 1 aromatic heterocycles. The lowest BCUT2D eigenvalue weighted by molar-refractivity contribution is -0.384. The summed E-state index contributed by atoms with van der Waals surface area (Å²) in [5.74, 6) is -0.274. The second-order valence-corrected chi connectivity index (χ2v) is 5.49. The number of halogens is 1. The molecule has 1 heterocycles. The number of non-ortho nitro benzene ring substituents is 1. The number of carbonyl (C=O) groups excluding carboxylic acids is 1. The molecule has 0 aliphatic heterocycles. The van der Waals surface area contributed by atoms with Gasteiger partial charge in [0, 0.05) is 30.4 Å². The van der Waals surface area contributed by atoms with Gasteiger partial charge in [-0.3, -0.25) is 14.9 Å². The minimum Gasteiger partial charge on any atom is -0.346 e. The molecule has 8 nitrogen and oxygen atoms in total. The van der Waals surface area contributed by atoms with Crippen molar-refractivity contribution in [1.82, 2.24) is 15.1 Å². The van der Waals surface area contributed by atoms with Crippen molar-refractivity contribution in [3.63, 3.8) is 0 Å². The number of benzene rings is 1. The van der Waals surface area contributed by atoms with Crippen LogP contribution < -0.4 is 11.1 Å². The van der Waals surface area contributed by atoms with Crippen LogP contribution in [-0.2, 0) is 0 Å². The lowest BCUT2D eigenvalue weighted by atomic mass is 10.1. The van der Waals surface area contributed by atoms with E-state index in [1.807, 2.05) is 13.8 Å². The molecule has 3 N–H and O–H groups in total. The highest BCUT2D eigenvalue weighted by Crippen LogP contribution is 2.15. The maximum Gasteiger partial charge on any atom is 0.269 e. The van der Waals surface area contributed by atoms with Gasteiger partial charge in [-0.25, -0.2) is 4.68 Å². The van der Waals surface area contributed by atoms with Crippen LogP contribution in [0.2, 0.25) is 0 Å². The zero-order chi connectivity index (χ0) is 16.3. The minimum absolute atomic E-state index is 0. The van der Waals surface area contributed by atoms with E-state index < -0.39 is 10.5 Å². The molecule has 0 aliphatic carbocycles. The van der Waals surface area contributed by atoms with Crippen molar-refractivity contribution in [3.05, 3.63) is 52.3 Å². The van der Waals surface area contributed by atoms with Crippen LogP contribution in [0.4, 0.5) is 5.69 Å². The van der Waals surface area contributed by atoms with Crippen LogP contribution in [0.25, 0.3) is 5.69 Å². The number of amides is 1. The molecule has 9 heteroatoms. The molecule has 1 amide bonds. The third-order valence-corrected chi connectivity index (χ3v) is 3.13. The van der Waals surface area contributed by atoms with E-state index in [1.165, 1.54) is 23.0 Å². The summed E-state index contributed by atoms with van der Waals surface area (Å²) in [5.41, 5.74) is 6.08. The number of hydrogen-bond acceptors (Lipinski definition) is 5. The molecule has 0 fully saturated rings. The normalized spacial score (nSPS) is 10.7. The zero-order valence-corrected chi connectivity index (χ0v) is 13.5. The van der Waals surface area contributed by atoms with Crippen LogP contribution >= 0.6 is 12.4 Å². The topological polar surface area (TPSA) is 116 Å². The molecule has 0 bridgehead atoms. The van der Waals surface area contributed by atoms with E-state index in [0.29, 0.717) is 17.8 Å². The number of carbonyl (C=O) groups is 1. The number of nitrogens with one attached hydrogen (secondary N) is 1. The molecule has 0 spiro atoms. The van der Waals surface area contributed by atoms with Gasteiger partial charge in [0.2, 0.25) is 0 Å². The van der Waals surface area contributed by atoms with E-state index in [-0.39, 0.29) is 24.0 Å². The molecular weight excluding hydrogens is 322 g/mol. The van der Waals surface area contributed by atoms with Crippen molar-refractivity contribution in [2.45, 2.75) is 19.4 Å². The number of aromatic nitrogens is 2. The standard InChI is InChI=1S/C14H17N5O3.ClH/c1-14(2,9-15)17-13(20)10-7-16-18(8-10)11-3-5-12(6-4-11)19(21)22;/h3-8H,9,15H2,1-2H3,(H,17,20);1H. The Morgan fingerprint density at radius 1 is 1.39 bits per heavy atom. The average Bonchev–Trinajstić information content (AvgIpc) is 2.97. The average molecular weight is 340 g/mol. The molecule has 0 saturated heterocycles. The van der Waals surface area contributed by atoms with Gasteiger partial charge < -0.3 is 11.1 Å². The van der Waals surface area contributed by atoms with Crippen molar-refractivity contribution in [1.29, 1.82) is 0 Å². The Morgan fingerprint density at radius 3 is 2.52 bits per heavy atom. The van der Waals surface area contributed by atoms with Gasteiger partial charge in [0.05, 0.1) is 22.4 Å². The Hall–Kier alpha value is -2.45. The first-order valence-corrected chi connectivity index (χ1v) is 6.64. The Bertz CT molecular complexity index is 697. The maximum atomic E-state index is 12.1. The number of nitrogens with two attached hydrogens (primary N) is 1. The number of rotatable bonds is 5. The molecule has 0 radical (unpaired) electrons. The quantitative estimate of drug-likeness (QED) is 0.635. The second-order valence-electron chi connectivity index (χ2n) is 5.49. The highest BCUT2D eigenvalue weighted by atomic mass is 35.5. The fourth-order valence-electron chi connectivity index (χ4n) is 1.74. The van der Waals surface area contributed by atoms with Crippen LogP contribution in [-0.4, -0.2) is 32.7 Å². The summed E-state index contributed by atoms with van der Waals surface area (Å²) in [7, 11) is 0. The number of nitro benzene ring substituents is 1. The highest BCUT2D eigenvalue weighted by Gasteiger charge is 2.20. The third-order valence-electron chi connectivity index (χ3n) is 3.13. The van der Waals surface area contributed by atoms with Crippen LogP contribution in [0.5, 0.6) is 0 Å². The highest BCUT2D eigenvalue weighted by molar-refractivity contribution is 5.94.